The first-order valence-corrected chi connectivity index (χ1v) is 4.80. The molecule has 4 nitrogen and oxygen atoms in total. The summed E-state index contributed by atoms with van der Waals surface area (Å²) in [7, 11) is 0. The van der Waals surface area contributed by atoms with Crippen LogP contribution in [0.2, 0.25) is 0 Å². The van der Waals surface area contributed by atoms with Crippen LogP contribution < -0.4 is 10.6 Å². The predicted octanol–water partition coefficient (Wildman–Crippen LogP) is 0.782. The molecule has 0 heterocycles. The maximum Gasteiger partial charge on any atom is 0.254 e. The van der Waals surface area contributed by atoms with Gasteiger partial charge in [0.05, 0.1) is 0 Å². The molecular weight excluding hydrogens is 262 g/mol. The van der Waals surface area contributed by atoms with Gasteiger partial charge in [-0.25, -0.2) is 0 Å². The molecule has 1 unspecified atom stereocenters. The first-order chi connectivity index (χ1) is 5.99. The van der Waals surface area contributed by atoms with Gasteiger partial charge in [0, 0.05) is 0 Å². The van der Waals surface area contributed by atoms with Crippen LogP contribution in [-0.2, 0) is 9.59 Å². The van der Waals surface area contributed by atoms with Gasteiger partial charge in [-0.05, 0) is 0 Å². The summed E-state index contributed by atoms with van der Waals surface area (Å²) in [6.07, 6.45) is -0.562. The smallest absolute Gasteiger partial charge is 0.254 e. The highest BCUT2D eigenvalue weighted by molar-refractivity contribution is 6.53. The molecule has 0 radical (unpaired) electrons. The lowest BCUT2D eigenvalue weighted by atomic mass is 10.5. The number of nitrogens with one attached hydrogen (secondary N) is 2. The molecule has 2 N–H and O–H groups in total. The quantitative estimate of drug-likeness (QED) is 0.440. The Balaban J connectivity index is 4.09. The highest BCUT2D eigenvalue weighted by atomic mass is 35.5. The number of carbonyl (C=O) groups excluding carboxylic acids is 2. The maximum absolute atomic E-state index is 10.9. The Kier molecular flexibility index (Phi) is 6.59. The van der Waals surface area contributed by atoms with Crippen molar-refractivity contribution in [3.8, 4) is 0 Å². The molecule has 0 aliphatic rings. The maximum atomic E-state index is 10.9. The van der Waals surface area contributed by atoms with Gasteiger partial charge in [-0.2, -0.15) is 0 Å². The third-order valence-corrected chi connectivity index (χ3v) is 1.90. The highest BCUT2D eigenvalue weighted by Crippen LogP contribution is 2.07. The van der Waals surface area contributed by atoms with Gasteiger partial charge >= 0.3 is 0 Å². The Bertz CT molecular complexity index is 187. The molecule has 0 aromatic carbocycles. The molecule has 0 saturated heterocycles. The van der Waals surface area contributed by atoms with Crippen molar-refractivity contribution in [3.05, 3.63) is 0 Å². The van der Waals surface area contributed by atoms with Crippen molar-refractivity contribution < 1.29 is 9.59 Å². The van der Waals surface area contributed by atoms with Crippen LogP contribution in [0.5, 0.6) is 0 Å². The van der Waals surface area contributed by atoms with Gasteiger partial charge in [0.25, 0.3) is 5.91 Å². The first-order valence-electron chi connectivity index (χ1n) is 3.05. The Labute approximate surface area is 94.8 Å². The molecule has 0 saturated carbocycles. The number of halogens is 4. The van der Waals surface area contributed by atoms with Crippen LogP contribution >= 0.6 is 46.4 Å². The topological polar surface area (TPSA) is 58.2 Å². The number of alkyl halides is 4. The Morgan fingerprint density at radius 2 is 1.77 bits per heavy atom. The zero-order chi connectivity index (χ0) is 10.4. The number of hydrogen-bond acceptors (Lipinski definition) is 2. The monoisotopic (exact) mass is 266 g/mol. The lowest BCUT2D eigenvalue weighted by Crippen LogP contribution is -2.50. The standard InChI is InChI=1S/C5H6Cl4N2O2/c6-2(7)4(10-1-12)11-5(13)3(8)9/h1-4H,(H,10,12)(H,11,13). The molecule has 76 valence electrons. The molecule has 8 heteroatoms. The van der Waals surface area contributed by atoms with E-state index in [9.17, 15) is 9.59 Å². The van der Waals surface area contributed by atoms with Crippen LogP contribution in [0, 0.1) is 0 Å². The van der Waals surface area contributed by atoms with Gasteiger partial charge in [-0.1, -0.05) is 23.2 Å². The zero-order valence-electron chi connectivity index (χ0n) is 6.14. The summed E-state index contributed by atoms with van der Waals surface area (Å²) in [5, 5.41) is 4.38. The summed E-state index contributed by atoms with van der Waals surface area (Å²) in [6.45, 7) is 0. The van der Waals surface area contributed by atoms with E-state index in [4.69, 9.17) is 46.4 Å². The lowest BCUT2D eigenvalue weighted by molar-refractivity contribution is -0.120. The number of hydrogen-bond donors (Lipinski definition) is 2. The van der Waals surface area contributed by atoms with Crippen LogP contribution in [-0.4, -0.2) is 28.2 Å². The summed E-state index contributed by atoms with van der Waals surface area (Å²) in [5.74, 6) is -0.686. The number of carbonyl (C=O) groups is 2. The molecule has 0 aromatic heterocycles. The minimum Gasteiger partial charge on any atom is -0.336 e. The van der Waals surface area contributed by atoms with Gasteiger partial charge in [-0.15, -0.1) is 23.2 Å². The third-order valence-electron chi connectivity index (χ3n) is 0.996. The summed E-state index contributed by atoms with van der Waals surface area (Å²) in [5.41, 5.74) is 0. The molecule has 0 aliphatic carbocycles. The van der Waals surface area contributed by atoms with Gasteiger partial charge in [-0.3, -0.25) is 9.59 Å². The SMILES string of the molecule is O=CNC(NC(=O)C(Cl)Cl)C(Cl)Cl. The first kappa shape index (κ1) is 13.1. The Morgan fingerprint density at radius 3 is 2.08 bits per heavy atom. The summed E-state index contributed by atoms with van der Waals surface area (Å²) in [6, 6.07) is 0. The second kappa shape index (κ2) is 6.54. The largest absolute Gasteiger partial charge is 0.336 e. The lowest BCUT2D eigenvalue weighted by Gasteiger charge is -2.18. The third kappa shape index (κ3) is 5.41. The molecule has 0 aromatic rings. The van der Waals surface area contributed by atoms with Crippen molar-refractivity contribution in [1.82, 2.24) is 10.6 Å². The van der Waals surface area contributed by atoms with E-state index < -0.39 is 21.7 Å². The van der Waals surface area contributed by atoms with Crippen LogP contribution in [0.4, 0.5) is 0 Å². The fourth-order valence-electron chi connectivity index (χ4n) is 0.467. The molecule has 0 bridgehead atoms. The molecule has 0 fully saturated rings. The average molecular weight is 268 g/mol. The second-order valence-electron chi connectivity index (χ2n) is 1.91. The fraction of sp³-hybridized carbons (Fsp3) is 0.600. The molecule has 13 heavy (non-hydrogen) atoms. The number of rotatable bonds is 5. The van der Waals surface area contributed by atoms with E-state index in [1.165, 1.54) is 0 Å². The average Bonchev–Trinajstić information content (AvgIpc) is 2.03. The van der Waals surface area contributed by atoms with E-state index >= 15 is 0 Å². The van der Waals surface area contributed by atoms with Crippen molar-refractivity contribution in [3.63, 3.8) is 0 Å². The molecule has 0 rings (SSSR count). The molecule has 1 atom stereocenters. The van der Waals surface area contributed by atoms with Crippen LogP contribution in [0.1, 0.15) is 0 Å². The molecule has 0 spiro atoms. The van der Waals surface area contributed by atoms with E-state index in [0.717, 1.165) is 0 Å². The Hall–Kier alpha value is 0.1000. The van der Waals surface area contributed by atoms with Crippen molar-refractivity contribution >= 4 is 58.7 Å². The van der Waals surface area contributed by atoms with E-state index in [-0.39, 0.29) is 0 Å². The Morgan fingerprint density at radius 1 is 1.23 bits per heavy atom. The van der Waals surface area contributed by atoms with Gasteiger partial charge in [0.1, 0.15) is 11.0 Å². The highest BCUT2D eigenvalue weighted by Gasteiger charge is 2.21. The molecule has 2 amide bonds. The van der Waals surface area contributed by atoms with Gasteiger partial charge < -0.3 is 10.6 Å². The minimum atomic E-state index is -1.23. The normalized spacial score (nSPS) is 12.8. The molecule has 0 aliphatic heterocycles. The van der Waals surface area contributed by atoms with E-state index in [2.05, 4.69) is 10.6 Å². The van der Waals surface area contributed by atoms with Crippen LogP contribution in [0.15, 0.2) is 0 Å². The van der Waals surface area contributed by atoms with E-state index in [1.54, 1.807) is 0 Å². The van der Waals surface area contributed by atoms with Crippen molar-refractivity contribution in [2.75, 3.05) is 0 Å². The van der Waals surface area contributed by atoms with E-state index in [1.807, 2.05) is 0 Å². The summed E-state index contributed by atoms with van der Waals surface area (Å²) in [4.78, 5) is 18.7. The van der Waals surface area contributed by atoms with Crippen LogP contribution in [0.3, 0.4) is 0 Å². The van der Waals surface area contributed by atoms with Gasteiger partial charge in [0.2, 0.25) is 6.41 Å². The molecular formula is C5H6Cl4N2O2. The zero-order valence-corrected chi connectivity index (χ0v) is 9.16. The summed E-state index contributed by atoms with van der Waals surface area (Å²) < 4.78 is 0. The van der Waals surface area contributed by atoms with Crippen molar-refractivity contribution in [2.45, 2.75) is 15.8 Å². The fourth-order valence-corrected chi connectivity index (χ4v) is 0.864. The summed E-state index contributed by atoms with van der Waals surface area (Å²) >= 11 is 21.3. The van der Waals surface area contributed by atoms with Crippen molar-refractivity contribution in [1.29, 1.82) is 0 Å². The second-order valence-corrected chi connectivity index (χ2v) is 4.17. The minimum absolute atomic E-state index is 0.347. The van der Waals surface area contributed by atoms with Crippen molar-refractivity contribution in [2.24, 2.45) is 0 Å². The van der Waals surface area contributed by atoms with Crippen LogP contribution in [0.25, 0.3) is 0 Å². The predicted molar refractivity (Wildman–Crippen MR) is 52.1 cm³/mol. The van der Waals surface area contributed by atoms with E-state index in [0.29, 0.717) is 6.41 Å². The van der Waals surface area contributed by atoms with Gasteiger partial charge in [0.15, 0.2) is 4.84 Å². The number of amides is 2.